The Morgan fingerprint density at radius 2 is 2.04 bits per heavy atom. The van der Waals surface area contributed by atoms with Crippen LogP contribution in [0.5, 0.6) is 0 Å². The predicted molar refractivity (Wildman–Crippen MR) is 79.2 cm³/mol. The Bertz CT molecular complexity index is 690. The van der Waals surface area contributed by atoms with Gasteiger partial charge in [-0.25, -0.2) is 4.39 Å². The lowest BCUT2D eigenvalue weighted by Crippen LogP contribution is -2.22. The molecule has 9 heteroatoms. The third-order valence-electron chi connectivity index (χ3n) is 2.77. The van der Waals surface area contributed by atoms with Gasteiger partial charge in [0, 0.05) is 5.56 Å². The van der Waals surface area contributed by atoms with E-state index in [2.05, 4.69) is 20.3 Å². The summed E-state index contributed by atoms with van der Waals surface area (Å²) in [6.45, 7) is 1.67. The van der Waals surface area contributed by atoms with Crippen molar-refractivity contribution in [2.75, 3.05) is 7.11 Å². The first-order valence-electron chi connectivity index (χ1n) is 6.60. The molecule has 0 aliphatic rings. The third kappa shape index (κ3) is 4.78. The molecule has 0 radical (unpaired) electrons. The number of esters is 1. The maximum absolute atomic E-state index is 12.8. The highest BCUT2D eigenvalue weighted by atomic mass is 32.2. The number of nitrogens with zero attached hydrogens (tertiary/aromatic N) is 2. The van der Waals surface area contributed by atoms with Gasteiger partial charge >= 0.3 is 5.97 Å². The van der Waals surface area contributed by atoms with Crippen LogP contribution in [0.15, 0.2) is 33.9 Å². The van der Waals surface area contributed by atoms with Gasteiger partial charge in [-0.2, -0.15) is 0 Å². The molecule has 0 fully saturated rings. The molecule has 0 unspecified atom stereocenters. The molecule has 1 N–H and O–H groups in total. The average Bonchev–Trinajstić information content (AvgIpc) is 2.99. The van der Waals surface area contributed by atoms with Crippen molar-refractivity contribution in [2.45, 2.75) is 23.9 Å². The van der Waals surface area contributed by atoms with Crippen molar-refractivity contribution in [2.24, 2.45) is 0 Å². The van der Waals surface area contributed by atoms with Crippen molar-refractivity contribution in [3.05, 3.63) is 41.5 Å². The number of thioether (sulfide) groups is 1. The number of amides is 1. The van der Waals surface area contributed by atoms with Crippen LogP contribution >= 0.6 is 11.8 Å². The molecule has 0 saturated carbocycles. The van der Waals surface area contributed by atoms with Gasteiger partial charge in [0.2, 0.25) is 5.89 Å². The number of methoxy groups -OCH3 is 1. The van der Waals surface area contributed by atoms with E-state index in [1.54, 1.807) is 6.92 Å². The van der Waals surface area contributed by atoms with Gasteiger partial charge in [0.15, 0.2) is 0 Å². The van der Waals surface area contributed by atoms with Crippen LogP contribution in [-0.4, -0.2) is 34.4 Å². The van der Waals surface area contributed by atoms with E-state index in [1.165, 1.54) is 31.4 Å². The van der Waals surface area contributed by atoms with E-state index in [0.29, 0.717) is 5.56 Å². The molecule has 2 rings (SSSR count). The second-order valence-electron chi connectivity index (χ2n) is 4.43. The Labute approximate surface area is 135 Å². The van der Waals surface area contributed by atoms with Crippen molar-refractivity contribution in [1.29, 1.82) is 0 Å². The van der Waals surface area contributed by atoms with Crippen molar-refractivity contribution in [1.82, 2.24) is 15.5 Å². The van der Waals surface area contributed by atoms with Gasteiger partial charge in [-0.1, -0.05) is 11.8 Å². The van der Waals surface area contributed by atoms with E-state index in [0.717, 1.165) is 11.8 Å². The third-order valence-corrected chi connectivity index (χ3v) is 3.68. The molecule has 0 saturated heterocycles. The molecule has 1 aromatic carbocycles. The molecule has 122 valence electrons. The second kappa shape index (κ2) is 7.73. The normalized spacial score (nSPS) is 11.8. The van der Waals surface area contributed by atoms with E-state index in [4.69, 9.17) is 4.42 Å². The molecule has 1 heterocycles. The van der Waals surface area contributed by atoms with E-state index < -0.39 is 17.0 Å². The van der Waals surface area contributed by atoms with Crippen molar-refractivity contribution in [3.8, 4) is 0 Å². The zero-order valence-corrected chi connectivity index (χ0v) is 13.2. The minimum atomic E-state index is -0.484. The highest BCUT2D eigenvalue weighted by molar-refractivity contribution is 8.00. The number of halogens is 1. The molecule has 1 atom stereocenters. The predicted octanol–water partition coefficient (Wildman–Crippen LogP) is 1.79. The van der Waals surface area contributed by atoms with Gasteiger partial charge in [-0.3, -0.25) is 9.59 Å². The summed E-state index contributed by atoms with van der Waals surface area (Å²) in [6, 6.07) is 5.14. The molecule has 2 aromatic rings. The molecule has 1 amide bonds. The van der Waals surface area contributed by atoms with Crippen LogP contribution in [0.3, 0.4) is 0 Å². The number of benzene rings is 1. The van der Waals surface area contributed by atoms with Gasteiger partial charge < -0.3 is 14.5 Å². The number of aromatic nitrogens is 2. The number of carbonyl (C=O) groups excluding carboxylic acids is 2. The first-order chi connectivity index (χ1) is 11.0. The quantitative estimate of drug-likeness (QED) is 0.633. The average molecular weight is 339 g/mol. The lowest BCUT2D eigenvalue weighted by molar-refractivity contribution is -0.139. The number of ether oxygens (including phenoxy) is 1. The van der Waals surface area contributed by atoms with Gasteiger partial charge in [-0.15, -0.1) is 10.2 Å². The first kappa shape index (κ1) is 16.9. The van der Waals surface area contributed by atoms with Gasteiger partial charge in [0.05, 0.1) is 13.7 Å². The maximum atomic E-state index is 12.8. The Morgan fingerprint density at radius 1 is 1.35 bits per heavy atom. The molecule has 7 nitrogen and oxygen atoms in total. The summed E-state index contributed by atoms with van der Waals surface area (Å²) in [5.74, 6) is -1.01. The summed E-state index contributed by atoms with van der Waals surface area (Å²) >= 11 is 1.06. The number of hydrogen-bond acceptors (Lipinski definition) is 7. The smallest absolute Gasteiger partial charge is 0.319 e. The summed E-state index contributed by atoms with van der Waals surface area (Å²) in [7, 11) is 1.30. The summed E-state index contributed by atoms with van der Waals surface area (Å²) < 4.78 is 22.7. The summed E-state index contributed by atoms with van der Waals surface area (Å²) in [6.07, 6.45) is 0. The summed E-state index contributed by atoms with van der Waals surface area (Å²) in [5.41, 5.74) is 0.319. The SMILES string of the molecule is COC(=O)[C@@H](C)Sc1nnc(CNC(=O)c2ccc(F)cc2)o1. The second-order valence-corrected chi connectivity index (χ2v) is 5.73. The fraction of sp³-hybridized carbons (Fsp3) is 0.286. The molecule has 0 aliphatic carbocycles. The monoisotopic (exact) mass is 339 g/mol. The molecular weight excluding hydrogens is 325 g/mol. The van der Waals surface area contributed by atoms with Crippen molar-refractivity contribution >= 4 is 23.6 Å². The first-order valence-corrected chi connectivity index (χ1v) is 7.48. The van der Waals surface area contributed by atoms with Crippen LogP contribution in [0.1, 0.15) is 23.2 Å². The molecule has 0 aliphatic heterocycles. The molecule has 23 heavy (non-hydrogen) atoms. The lowest BCUT2D eigenvalue weighted by Gasteiger charge is -2.04. The Morgan fingerprint density at radius 3 is 2.70 bits per heavy atom. The van der Waals surface area contributed by atoms with Crippen molar-refractivity contribution < 1.29 is 23.1 Å². The minimum absolute atomic E-state index is 0.0242. The topological polar surface area (TPSA) is 94.3 Å². The van der Waals surface area contributed by atoms with Crippen LogP contribution < -0.4 is 5.32 Å². The largest absolute Gasteiger partial charge is 0.468 e. The van der Waals surface area contributed by atoms with Crippen LogP contribution in [0.2, 0.25) is 0 Å². The Kier molecular flexibility index (Phi) is 5.69. The fourth-order valence-electron chi connectivity index (χ4n) is 1.58. The standard InChI is InChI=1S/C14H14FN3O4S/c1-8(13(20)21-2)23-14-18-17-11(22-14)7-16-12(19)9-3-5-10(15)6-4-9/h3-6,8H,7H2,1-2H3,(H,16,19)/t8-/m1/s1. The van der Waals surface area contributed by atoms with Crippen molar-refractivity contribution in [3.63, 3.8) is 0 Å². The van der Waals surface area contributed by atoms with E-state index in [1.807, 2.05) is 0 Å². The summed E-state index contributed by atoms with van der Waals surface area (Å²) in [5, 5.41) is 9.84. The molecular formula is C14H14FN3O4S. The molecule has 0 bridgehead atoms. The van der Waals surface area contributed by atoms with Gasteiger partial charge in [0.1, 0.15) is 11.1 Å². The Hall–Kier alpha value is -2.42. The van der Waals surface area contributed by atoms with Crippen LogP contribution in [0, 0.1) is 5.82 Å². The number of carbonyl (C=O) groups is 2. The Balaban J connectivity index is 1.88. The molecule has 0 spiro atoms. The van der Waals surface area contributed by atoms with E-state index in [-0.39, 0.29) is 23.6 Å². The zero-order valence-electron chi connectivity index (χ0n) is 12.4. The van der Waals surface area contributed by atoms with Crippen LogP contribution in [0.4, 0.5) is 4.39 Å². The van der Waals surface area contributed by atoms with Crippen LogP contribution in [-0.2, 0) is 16.1 Å². The maximum Gasteiger partial charge on any atom is 0.319 e. The fourth-order valence-corrected chi connectivity index (χ4v) is 2.31. The van der Waals surface area contributed by atoms with Gasteiger partial charge in [0.25, 0.3) is 11.1 Å². The van der Waals surface area contributed by atoms with E-state index in [9.17, 15) is 14.0 Å². The van der Waals surface area contributed by atoms with Crippen LogP contribution in [0.25, 0.3) is 0 Å². The zero-order chi connectivity index (χ0) is 16.8. The number of rotatable bonds is 6. The number of hydrogen-bond donors (Lipinski definition) is 1. The minimum Gasteiger partial charge on any atom is -0.468 e. The number of nitrogens with one attached hydrogen (secondary N) is 1. The summed E-state index contributed by atoms with van der Waals surface area (Å²) in [4.78, 5) is 23.2. The highest BCUT2D eigenvalue weighted by Crippen LogP contribution is 2.22. The van der Waals surface area contributed by atoms with E-state index >= 15 is 0 Å². The lowest BCUT2D eigenvalue weighted by atomic mass is 10.2. The highest BCUT2D eigenvalue weighted by Gasteiger charge is 2.18. The van der Waals surface area contributed by atoms with Gasteiger partial charge in [-0.05, 0) is 31.2 Å². The molecule has 1 aromatic heterocycles.